The van der Waals surface area contributed by atoms with Crippen LogP contribution in [0.25, 0.3) is 10.9 Å². The van der Waals surface area contributed by atoms with Crippen LogP contribution in [0.1, 0.15) is 26.3 Å². The van der Waals surface area contributed by atoms with Gasteiger partial charge in [0.25, 0.3) is 0 Å². The van der Waals surface area contributed by atoms with Gasteiger partial charge in [-0.2, -0.15) is 0 Å². The van der Waals surface area contributed by atoms with Crippen molar-refractivity contribution in [3.63, 3.8) is 0 Å². The molecule has 26 heavy (non-hydrogen) atoms. The van der Waals surface area contributed by atoms with Crippen LogP contribution < -0.4 is 4.90 Å². The van der Waals surface area contributed by atoms with E-state index in [2.05, 4.69) is 4.90 Å². The Hall–Kier alpha value is -1.72. The van der Waals surface area contributed by atoms with E-state index < -0.39 is 5.60 Å². The van der Waals surface area contributed by atoms with Crippen LogP contribution in [-0.2, 0) is 4.74 Å². The lowest BCUT2D eigenvalue weighted by molar-refractivity contribution is 0.0240. The molecule has 7 heteroatoms. The van der Waals surface area contributed by atoms with E-state index in [0.717, 1.165) is 22.3 Å². The number of anilines is 1. The summed E-state index contributed by atoms with van der Waals surface area (Å²) in [7, 11) is 0. The predicted octanol–water partition coefficient (Wildman–Crippen LogP) is 4.91. The first-order chi connectivity index (χ1) is 12.2. The second-order valence-electron chi connectivity index (χ2n) is 7.49. The van der Waals surface area contributed by atoms with Crippen LogP contribution in [0.4, 0.5) is 10.6 Å². The zero-order chi connectivity index (χ0) is 19.1. The third-order valence-corrected chi connectivity index (χ3v) is 5.03. The fraction of sp³-hybridized carbons (Fsp3) is 0.474. The average Bonchev–Trinajstić information content (AvgIpc) is 2.57. The highest BCUT2D eigenvalue weighted by Gasteiger charge is 2.27. The van der Waals surface area contributed by atoms with Crippen LogP contribution in [-0.4, -0.2) is 47.8 Å². The molecule has 0 spiro atoms. The minimum absolute atomic E-state index is 0.280. The lowest BCUT2D eigenvalue weighted by Crippen LogP contribution is -2.50. The summed E-state index contributed by atoms with van der Waals surface area (Å²) >= 11 is 12.7. The van der Waals surface area contributed by atoms with E-state index >= 15 is 0 Å². The molecular formula is C19H23Cl2N3O2. The number of amides is 1. The maximum absolute atomic E-state index is 12.2. The SMILES string of the molecule is Cc1c(Cl)ccc2cc(Cl)c(N3CCN(C(=O)OC(C)(C)C)CC3)nc12. The number of piperazine rings is 1. The van der Waals surface area contributed by atoms with Crippen LogP contribution >= 0.6 is 23.2 Å². The van der Waals surface area contributed by atoms with Gasteiger partial charge in [0, 0.05) is 36.6 Å². The number of fused-ring (bicyclic) bond motifs is 1. The average molecular weight is 396 g/mol. The van der Waals surface area contributed by atoms with E-state index in [4.69, 9.17) is 32.9 Å². The summed E-state index contributed by atoms with van der Waals surface area (Å²) in [6.45, 7) is 10.00. The highest BCUT2D eigenvalue weighted by molar-refractivity contribution is 6.34. The van der Waals surface area contributed by atoms with Crippen molar-refractivity contribution in [1.29, 1.82) is 0 Å². The number of aromatic nitrogens is 1. The smallest absolute Gasteiger partial charge is 0.410 e. The number of nitrogens with zero attached hydrogens (tertiary/aromatic N) is 3. The molecule has 0 saturated carbocycles. The molecule has 2 aromatic rings. The van der Waals surface area contributed by atoms with Crippen LogP contribution in [0.5, 0.6) is 0 Å². The maximum Gasteiger partial charge on any atom is 0.410 e. The van der Waals surface area contributed by atoms with E-state index in [1.807, 2.05) is 45.9 Å². The van der Waals surface area contributed by atoms with Gasteiger partial charge in [-0.25, -0.2) is 9.78 Å². The first-order valence-electron chi connectivity index (χ1n) is 8.64. The Morgan fingerprint density at radius 2 is 1.77 bits per heavy atom. The summed E-state index contributed by atoms with van der Waals surface area (Å²) in [6, 6.07) is 5.70. The molecule has 0 bridgehead atoms. The van der Waals surface area contributed by atoms with Crippen LogP contribution in [0, 0.1) is 6.92 Å². The minimum Gasteiger partial charge on any atom is -0.444 e. The molecule has 1 aliphatic rings. The predicted molar refractivity (Wildman–Crippen MR) is 107 cm³/mol. The van der Waals surface area contributed by atoms with Crippen LogP contribution in [0.2, 0.25) is 10.0 Å². The third-order valence-electron chi connectivity index (χ3n) is 4.34. The Balaban J connectivity index is 1.78. The summed E-state index contributed by atoms with van der Waals surface area (Å²) in [5, 5.41) is 2.26. The van der Waals surface area contributed by atoms with E-state index in [-0.39, 0.29) is 6.09 Å². The number of halogens is 2. The van der Waals surface area contributed by atoms with Crippen molar-refractivity contribution < 1.29 is 9.53 Å². The molecule has 1 saturated heterocycles. The topological polar surface area (TPSA) is 45.7 Å². The van der Waals surface area contributed by atoms with Gasteiger partial charge in [-0.15, -0.1) is 0 Å². The molecule has 0 atom stereocenters. The largest absolute Gasteiger partial charge is 0.444 e. The molecule has 1 aliphatic heterocycles. The molecule has 1 aromatic carbocycles. The van der Waals surface area contributed by atoms with Gasteiger partial charge in [-0.3, -0.25) is 0 Å². The normalized spacial score (nSPS) is 15.5. The van der Waals surface area contributed by atoms with Gasteiger partial charge in [0.15, 0.2) is 0 Å². The Morgan fingerprint density at radius 1 is 1.12 bits per heavy atom. The first kappa shape index (κ1) is 19.1. The Kier molecular flexibility index (Phi) is 5.22. The summed E-state index contributed by atoms with van der Waals surface area (Å²) in [5.74, 6) is 0.730. The molecule has 1 amide bonds. The molecule has 0 aliphatic carbocycles. The third kappa shape index (κ3) is 3.99. The Labute approximate surface area is 163 Å². The molecule has 0 unspecified atom stereocenters. The summed E-state index contributed by atoms with van der Waals surface area (Å²) in [5.41, 5.74) is 1.30. The molecular weight excluding hydrogens is 373 g/mol. The van der Waals surface area contributed by atoms with Gasteiger partial charge in [-0.1, -0.05) is 29.3 Å². The lowest BCUT2D eigenvalue weighted by atomic mass is 10.1. The fourth-order valence-electron chi connectivity index (χ4n) is 2.97. The Morgan fingerprint density at radius 3 is 2.38 bits per heavy atom. The molecule has 5 nitrogen and oxygen atoms in total. The fourth-order valence-corrected chi connectivity index (χ4v) is 3.40. The van der Waals surface area contributed by atoms with Crippen LogP contribution in [0.3, 0.4) is 0 Å². The van der Waals surface area contributed by atoms with Crippen molar-refractivity contribution in [1.82, 2.24) is 9.88 Å². The maximum atomic E-state index is 12.2. The zero-order valence-corrected chi connectivity index (χ0v) is 17.0. The van der Waals surface area contributed by atoms with E-state index in [0.29, 0.717) is 36.2 Å². The van der Waals surface area contributed by atoms with Gasteiger partial charge in [-0.05, 0) is 45.4 Å². The number of pyridine rings is 1. The summed E-state index contributed by atoms with van der Waals surface area (Å²) in [4.78, 5) is 20.8. The quantitative estimate of drug-likeness (QED) is 0.687. The van der Waals surface area contributed by atoms with Crippen molar-refractivity contribution in [2.75, 3.05) is 31.1 Å². The molecule has 0 N–H and O–H groups in total. The number of carbonyl (C=O) groups is 1. The van der Waals surface area contributed by atoms with E-state index in [1.54, 1.807) is 4.90 Å². The monoisotopic (exact) mass is 395 g/mol. The van der Waals surface area contributed by atoms with E-state index in [1.165, 1.54) is 0 Å². The summed E-state index contributed by atoms with van der Waals surface area (Å²) in [6.07, 6.45) is -0.280. The highest BCUT2D eigenvalue weighted by atomic mass is 35.5. The van der Waals surface area contributed by atoms with Crippen molar-refractivity contribution in [2.45, 2.75) is 33.3 Å². The summed E-state index contributed by atoms with van der Waals surface area (Å²) < 4.78 is 5.44. The second kappa shape index (κ2) is 7.12. The molecule has 0 radical (unpaired) electrons. The number of aryl methyl sites for hydroxylation is 1. The van der Waals surface area contributed by atoms with Crippen LogP contribution in [0.15, 0.2) is 18.2 Å². The minimum atomic E-state index is -0.492. The van der Waals surface area contributed by atoms with Crippen molar-refractivity contribution in [3.8, 4) is 0 Å². The van der Waals surface area contributed by atoms with Gasteiger partial charge in [0.05, 0.1) is 10.5 Å². The van der Waals surface area contributed by atoms with Gasteiger partial charge in [0.2, 0.25) is 0 Å². The van der Waals surface area contributed by atoms with Gasteiger partial charge < -0.3 is 14.5 Å². The Bertz CT molecular complexity index is 841. The first-order valence-corrected chi connectivity index (χ1v) is 9.39. The molecule has 1 aromatic heterocycles. The second-order valence-corrected chi connectivity index (χ2v) is 8.31. The number of hydrogen-bond acceptors (Lipinski definition) is 4. The number of ether oxygens (including phenoxy) is 1. The van der Waals surface area contributed by atoms with Crippen molar-refractivity contribution in [2.24, 2.45) is 0 Å². The van der Waals surface area contributed by atoms with E-state index in [9.17, 15) is 4.79 Å². The van der Waals surface area contributed by atoms with Gasteiger partial charge >= 0.3 is 6.09 Å². The molecule has 2 heterocycles. The van der Waals surface area contributed by atoms with Crippen molar-refractivity contribution >= 4 is 46.0 Å². The zero-order valence-electron chi connectivity index (χ0n) is 15.5. The lowest BCUT2D eigenvalue weighted by Gasteiger charge is -2.36. The number of rotatable bonds is 1. The number of benzene rings is 1. The van der Waals surface area contributed by atoms with Gasteiger partial charge in [0.1, 0.15) is 11.4 Å². The molecule has 1 fully saturated rings. The molecule has 140 valence electrons. The number of carbonyl (C=O) groups excluding carboxylic acids is 1. The number of hydrogen-bond donors (Lipinski definition) is 0. The van der Waals surface area contributed by atoms with Crippen molar-refractivity contribution in [3.05, 3.63) is 33.8 Å². The standard InChI is InChI=1S/C19H23Cl2N3O2/c1-12-14(20)6-5-13-11-15(21)17(22-16(12)13)23-7-9-24(10-8-23)18(25)26-19(2,3)4/h5-6,11H,7-10H2,1-4H3. The highest BCUT2D eigenvalue weighted by Crippen LogP contribution is 2.32. The molecule has 3 rings (SSSR count).